The van der Waals surface area contributed by atoms with E-state index in [1.807, 2.05) is 0 Å². The van der Waals surface area contributed by atoms with E-state index in [0.717, 1.165) is 12.1 Å². The molecule has 0 saturated heterocycles. The Morgan fingerprint density at radius 3 is 2.27 bits per heavy atom. The van der Waals surface area contributed by atoms with Crippen LogP contribution in [-0.4, -0.2) is 24.4 Å². The van der Waals surface area contributed by atoms with Crippen molar-refractivity contribution in [1.29, 1.82) is 0 Å². The van der Waals surface area contributed by atoms with Crippen molar-refractivity contribution >= 4 is 21.8 Å². The van der Waals surface area contributed by atoms with Crippen LogP contribution < -0.4 is 0 Å². The molecule has 0 atom stereocenters. The first-order valence-corrected chi connectivity index (χ1v) is 5.16. The van der Waals surface area contributed by atoms with E-state index in [1.165, 1.54) is 4.90 Å². The summed E-state index contributed by atoms with van der Waals surface area (Å²) in [5.41, 5.74) is 0.0116. The zero-order chi connectivity index (χ0) is 11.6. The lowest BCUT2D eigenvalue weighted by atomic mass is 10.2. The monoisotopic (exact) mass is 277 g/mol. The standard InChI is InChI=1S/C10H10BrF2NO/c1-3-14(2)10(15)6-4-7(12)9(11)8(13)5-6/h4-5H,3H2,1-2H3. The first-order valence-electron chi connectivity index (χ1n) is 4.37. The minimum absolute atomic E-state index is 0.0116. The van der Waals surface area contributed by atoms with Gasteiger partial charge in [-0.2, -0.15) is 0 Å². The van der Waals surface area contributed by atoms with Gasteiger partial charge in [0.25, 0.3) is 5.91 Å². The molecule has 0 radical (unpaired) electrons. The molecule has 0 fully saturated rings. The molecular weight excluding hydrogens is 268 g/mol. The van der Waals surface area contributed by atoms with Gasteiger partial charge >= 0.3 is 0 Å². The van der Waals surface area contributed by atoms with Gasteiger partial charge in [-0.15, -0.1) is 0 Å². The maximum absolute atomic E-state index is 13.1. The summed E-state index contributed by atoms with van der Waals surface area (Å²) in [5, 5.41) is 0. The van der Waals surface area contributed by atoms with Crippen molar-refractivity contribution in [2.75, 3.05) is 13.6 Å². The second-order valence-electron chi connectivity index (χ2n) is 3.07. The second kappa shape index (κ2) is 4.70. The molecule has 0 aromatic heterocycles. The van der Waals surface area contributed by atoms with Crippen LogP contribution in [0.5, 0.6) is 0 Å². The van der Waals surface area contributed by atoms with Crippen LogP contribution in [0.4, 0.5) is 8.78 Å². The number of halogens is 3. The summed E-state index contributed by atoms with van der Waals surface area (Å²) in [6.45, 7) is 2.27. The topological polar surface area (TPSA) is 20.3 Å². The fraction of sp³-hybridized carbons (Fsp3) is 0.300. The van der Waals surface area contributed by atoms with Crippen molar-refractivity contribution in [3.63, 3.8) is 0 Å². The number of nitrogens with zero attached hydrogens (tertiary/aromatic N) is 1. The van der Waals surface area contributed by atoms with E-state index >= 15 is 0 Å². The molecule has 0 bridgehead atoms. The number of benzene rings is 1. The molecule has 1 amide bonds. The molecule has 0 saturated carbocycles. The summed E-state index contributed by atoms with van der Waals surface area (Å²) in [6.07, 6.45) is 0. The van der Waals surface area contributed by atoms with E-state index in [1.54, 1.807) is 14.0 Å². The number of hydrogen-bond acceptors (Lipinski definition) is 1. The van der Waals surface area contributed by atoms with Gasteiger partial charge in [-0.25, -0.2) is 8.78 Å². The van der Waals surface area contributed by atoms with Gasteiger partial charge < -0.3 is 4.90 Å². The van der Waals surface area contributed by atoms with Gasteiger partial charge in [-0.05, 0) is 35.0 Å². The first kappa shape index (κ1) is 12.1. The van der Waals surface area contributed by atoms with Gasteiger partial charge in [-0.1, -0.05) is 0 Å². The molecule has 0 aliphatic heterocycles. The van der Waals surface area contributed by atoms with E-state index in [-0.39, 0.29) is 10.0 Å². The number of carbonyl (C=O) groups excluding carboxylic acids is 1. The number of carbonyl (C=O) groups is 1. The highest BCUT2D eigenvalue weighted by atomic mass is 79.9. The molecule has 0 unspecified atom stereocenters. The van der Waals surface area contributed by atoms with Crippen LogP contribution in [-0.2, 0) is 0 Å². The van der Waals surface area contributed by atoms with Crippen molar-refractivity contribution in [1.82, 2.24) is 4.90 Å². The third-order valence-corrected chi connectivity index (χ3v) is 2.81. The molecule has 1 rings (SSSR count). The van der Waals surface area contributed by atoms with Crippen LogP contribution in [0.1, 0.15) is 17.3 Å². The van der Waals surface area contributed by atoms with Crippen LogP contribution in [0, 0.1) is 11.6 Å². The Balaban J connectivity index is 3.12. The highest BCUT2D eigenvalue weighted by Crippen LogP contribution is 2.21. The first-order chi connectivity index (χ1) is 6.97. The Morgan fingerprint density at radius 1 is 1.40 bits per heavy atom. The second-order valence-corrected chi connectivity index (χ2v) is 3.87. The lowest BCUT2D eigenvalue weighted by molar-refractivity contribution is 0.0801. The van der Waals surface area contributed by atoms with E-state index < -0.39 is 17.5 Å². The Kier molecular flexibility index (Phi) is 3.79. The van der Waals surface area contributed by atoms with E-state index in [4.69, 9.17) is 0 Å². The van der Waals surface area contributed by atoms with Gasteiger partial charge in [0.15, 0.2) is 0 Å². The molecule has 0 aliphatic rings. The summed E-state index contributed by atoms with van der Waals surface area (Å²) >= 11 is 2.74. The number of rotatable bonds is 2. The third kappa shape index (κ3) is 2.53. The molecule has 15 heavy (non-hydrogen) atoms. The molecule has 0 heterocycles. The summed E-state index contributed by atoms with van der Waals surface area (Å²) < 4.78 is 26.0. The van der Waals surface area contributed by atoms with Gasteiger partial charge in [0, 0.05) is 19.2 Å². The molecule has 1 aromatic carbocycles. The minimum atomic E-state index is -0.775. The lowest BCUT2D eigenvalue weighted by Crippen LogP contribution is -2.26. The average Bonchev–Trinajstić information content (AvgIpc) is 2.23. The Bertz CT molecular complexity index is 372. The fourth-order valence-electron chi connectivity index (χ4n) is 1.04. The molecule has 2 nitrogen and oxygen atoms in total. The molecule has 0 N–H and O–H groups in total. The minimum Gasteiger partial charge on any atom is -0.342 e. The lowest BCUT2D eigenvalue weighted by Gasteiger charge is -2.14. The zero-order valence-corrected chi connectivity index (χ0v) is 9.94. The molecular formula is C10H10BrF2NO. The van der Waals surface area contributed by atoms with Crippen LogP contribution in [0.2, 0.25) is 0 Å². The van der Waals surface area contributed by atoms with Crippen LogP contribution in [0.3, 0.4) is 0 Å². The van der Waals surface area contributed by atoms with Gasteiger partial charge in [0.05, 0.1) is 4.47 Å². The average molecular weight is 278 g/mol. The normalized spacial score (nSPS) is 10.2. The van der Waals surface area contributed by atoms with E-state index in [2.05, 4.69) is 15.9 Å². The molecule has 0 aliphatic carbocycles. The number of hydrogen-bond donors (Lipinski definition) is 0. The van der Waals surface area contributed by atoms with Gasteiger partial charge in [-0.3, -0.25) is 4.79 Å². The maximum atomic E-state index is 13.1. The van der Waals surface area contributed by atoms with Crippen molar-refractivity contribution in [2.24, 2.45) is 0 Å². The Labute approximate surface area is 95.0 Å². The Hall–Kier alpha value is -0.970. The zero-order valence-electron chi connectivity index (χ0n) is 8.35. The largest absolute Gasteiger partial charge is 0.342 e. The van der Waals surface area contributed by atoms with Gasteiger partial charge in [0.1, 0.15) is 11.6 Å². The van der Waals surface area contributed by atoms with Crippen molar-refractivity contribution in [3.05, 3.63) is 33.8 Å². The summed E-state index contributed by atoms with van der Waals surface area (Å²) in [4.78, 5) is 12.9. The summed E-state index contributed by atoms with van der Waals surface area (Å²) in [6, 6.07) is 2.03. The highest BCUT2D eigenvalue weighted by Gasteiger charge is 2.15. The van der Waals surface area contributed by atoms with Crippen LogP contribution in [0.25, 0.3) is 0 Å². The number of amides is 1. The van der Waals surface area contributed by atoms with Crippen molar-refractivity contribution in [2.45, 2.75) is 6.92 Å². The third-order valence-electron chi connectivity index (χ3n) is 2.05. The van der Waals surface area contributed by atoms with Crippen molar-refractivity contribution in [3.8, 4) is 0 Å². The van der Waals surface area contributed by atoms with Crippen LogP contribution in [0.15, 0.2) is 16.6 Å². The van der Waals surface area contributed by atoms with E-state index in [9.17, 15) is 13.6 Å². The molecule has 82 valence electrons. The summed E-state index contributed by atoms with van der Waals surface area (Å²) in [5.74, 6) is -1.95. The summed E-state index contributed by atoms with van der Waals surface area (Å²) in [7, 11) is 1.57. The van der Waals surface area contributed by atoms with Gasteiger partial charge in [0.2, 0.25) is 0 Å². The molecule has 0 spiro atoms. The maximum Gasteiger partial charge on any atom is 0.253 e. The van der Waals surface area contributed by atoms with E-state index in [0.29, 0.717) is 6.54 Å². The van der Waals surface area contributed by atoms with Crippen molar-refractivity contribution < 1.29 is 13.6 Å². The predicted octanol–water partition coefficient (Wildman–Crippen LogP) is 2.82. The fourth-order valence-corrected chi connectivity index (χ4v) is 1.27. The highest BCUT2D eigenvalue weighted by molar-refractivity contribution is 9.10. The molecule has 5 heteroatoms. The Morgan fingerprint density at radius 2 is 1.87 bits per heavy atom. The van der Waals surface area contributed by atoms with Crippen LogP contribution >= 0.6 is 15.9 Å². The quantitative estimate of drug-likeness (QED) is 0.762. The smallest absolute Gasteiger partial charge is 0.253 e. The SMILES string of the molecule is CCN(C)C(=O)c1cc(F)c(Br)c(F)c1. The molecule has 1 aromatic rings. The predicted molar refractivity (Wildman–Crippen MR) is 56.7 cm³/mol.